The monoisotopic (exact) mass is 483 g/mol. The van der Waals surface area contributed by atoms with Crippen LogP contribution in [-0.4, -0.2) is 30.2 Å². The van der Waals surface area contributed by atoms with Gasteiger partial charge < -0.3 is 10.6 Å². The van der Waals surface area contributed by atoms with E-state index in [1.165, 1.54) is 6.20 Å². The van der Waals surface area contributed by atoms with E-state index in [2.05, 4.69) is 43.0 Å². The zero-order chi connectivity index (χ0) is 25.8. The van der Waals surface area contributed by atoms with Crippen LogP contribution in [0.1, 0.15) is 45.9 Å². The molecule has 5 rings (SSSR count). The Morgan fingerprint density at radius 1 is 1.14 bits per heavy atom. The average molecular weight is 484 g/mol. The molecule has 0 saturated heterocycles. The van der Waals surface area contributed by atoms with Crippen LogP contribution >= 0.6 is 0 Å². The van der Waals surface area contributed by atoms with Gasteiger partial charge in [0.05, 0.1) is 12.0 Å². The first-order valence-electron chi connectivity index (χ1n) is 11.8. The third-order valence-electron chi connectivity index (χ3n) is 6.46. The zero-order valence-electron chi connectivity index (χ0n) is 21.1. The van der Waals surface area contributed by atoms with Crippen molar-refractivity contribution in [2.75, 3.05) is 10.6 Å². The number of benzene rings is 1. The molecule has 184 valence electrons. The van der Waals surface area contributed by atoms with Crippen molar-refractivity contribution in [1.82, 2.24) is 24.3 Å². The van der Waals surface area contributed by atoms with Crippen molar-refractivity contribution in [1.29, 1.82) is 0 Å². The van der Waals surface area contributed by atoms with Crippen molar-refractivity contribution >= 4 is 34.3 Å². The van der Waals surface area contributed by atoms with Gasteiger partial charge in [0.1, 0.15) is 5.39 Å². The maximum atomic E-state index is 13.2. The van der Waals surface area contributed by atoms with Crippen LogP contribution in [0.2, 0.25) is 0 Å². The zero-order valence-corrected chi connectivity index (χ0v) is 21.1. The standard InChI is InChI=1S/C27H29N7O2/c1-7-13-33-23(35)17-15-28-25(29-16-11-12-18-19(14-16)30-24(36)27(18,5)6)32-22(17)34(33)21-10-8-9-20(31-21)26(2,3)4/h7-12,14-15H,1,13H2,2-6H3,(H,30,36)(H,28,29,32). The van der Waals surface area contributed by atoms with Gasteiger partial charge in [-0.05, 0) is 43.7 Å². The summed E-state index contributed by atoms with van der Waals surface area (Å²) in [5.41, 5.74) is 2.79. The van der Waals surface area contributed by atoms with Crippen molar-refractivity contribution in [3.05, 3.63) is 76.9 Å². The Balaban J connectivity index is 1.61. The number of nitrogens with one attached hydrogen (secondary N) is 2. The Labute approximate surface area is 208 Å². The number of hydrogen-bond acceptors (Lipinski definition) is 6. The average Bonchev–Trinajstić information content (AvgIpc) is 3.22. The van der Waals surface area contributed by atoms with Gasteiger partial charge in [0.25, 0.3) is 5.56 Å². The van der Waals surface area contributed by atoms with Crippen molar-refractivity contribution in [2.45, 2.75) is 52.0 Å². The Morgan fingerprint density at radius 2 is 1.92 bits per heavy atom. The van der Waals surface area contributed by atoms with E-state index in [9.17, 15) is 9.59 Å². The van der Waals surface area contributed by atoms with Gasteiger partial charge >= 0.3 is 0 Å². The number of amides is 1. The lowest BCUT2D eigenvalue weighted by molar-refractivity contribution is -0.119. The lowest BCUT2D eigenvalue weighted by Crippen LogP contribution is -2.26. The molecular weight excluding hydrogens is 454 g/mol. The number of rotatable bonds is 5. The summed E-state index contributed by atoms with van der Waals surface area (Å²) >= 11 is 0. The third-order valence-corrected chi connectivity index (χ3v) is 6.46. The Morgan fingerprint density at radius 3 is 2.64 bits per heavy atom. The van der Waals surface area contributed by atoms with Crippen LogP contribution in [0.4, 0.5) is 17.3 Å². The Hall–Kier alpha value is -4.27. The van der Waals surface area contributed by atoms with E-state index in [-0.39, 0.29) is 16.9 Å². The van der Waals surface area contributed by atoms with Gasteiger partial charge in [-0.3, -0.25) is 9.59 Å². The molecule has 4 heterocycles. The maximum Gasteiger partial charge on any atom is 0.278 e. The highest BCUT2D eigenvalue weighted by Gasteiger charge is 2.38. The van der Waals surface area contributed by atoms with Gasteiger partial charge in [-0.1, -0.05) is 39.0 Å². The fourth-order valence-electron chi connectivity index (χ4n) is 4.37. The lowest BCUT2D eigenvalue weighted by Gasteiger charge is -2.19. The lowest BCUT2D eigenvalue weighted by atomic mass is 9.86. The minimum Gasteiger partial charge on any atom is -0.325 e. The minimum absolute atomic E-state index is 0.0371. The van der Waals surface area contributed by atoms with Crippen LogP contribution in [0.15, 0.2) is 60.0 Å². The van der Waals surface area contributed by atoms with E-state index in [0.717, 1.165) is 22.6 Å². The first kappa shape index (κ1) is 23.5. The SMILES string of the molecule is C=CCn1c(=O)c2cnc(Nc3ccc4c(c3)NC(=O)C4(C)C)nc2n1-c1cccc(C(C)(C)C)n1. The van der Waals surface area contributed by atoms with Crippen LogP contribution in [-0.2, 0) is 22.2 Å². The molecule has 0 unspecified atom stereocenters. The molecule has 1 aliphatic rings. The molecule has 1 amide bonds. The molecule has 3 aromatic heterocycles. The van der Waals surface area contributed by atoms with E-state index < -0.39 is 5.41 Å². The van der Waals surface area contributed by atoms with E-state index in [1.54, 1.807) is 15.4 Å². The smallest absolute Gasteiger partial charge is 0.278 e. The fraction of sp³-hybridized carbons (Fsp3) is 0.296. The van der Waals surface area contributed by atoms with E-state index >= 15 is 0 Å². The number of aromatic nitrogens is 5. The van der Waals surface area contributed by atoms with Crippen molar-refractivity contribution < 1.29 is 4.79 Å². The molecule has 9 heteroatoms. The highest BCUT2D eigenvalue weighted by atomic mass is 16.2. The van der Waals surface area contributed by atoms with E-state index in [0.29, 0.717) is 29.3 Å². The number of pyridine rings is 1. The molecule has 1 aliphatic heterocycles. The normalized spacial score (nSPS) is 14.5. The number of fused-ring (bicyclic) bond motifs is 2. The molecule has 36 heavy (non-hydrogen) atoms. The molecule has 4 aromatic rings. The van der Waals surface area contributed by atoms with Gasteiger partial charge in [-0.25, -0.2) is 19.3 Å². The van der Waals surface area contributed by atoms with Crippen LogP contribution in [0, 0.1) is 0 Å². The molecule has 1 aromatic carbocycles. The van der Waals surface area contributed by atoms with Gasteiger partial charge in [0.15, 0.2) is 11.5 Å². The summed E-state index contributed by atoms with van der Waals surface area (Å²) in [7, 11) is 0. The largest absolute Gasteiger partial charge is 0.325 e. The molecule has 0 saturated carbocycles. The number of anilines is 3. The van der Waals surface area contributed by atoms with Gasteiger partial charge in [0.2, 0.25) is 11.9 Å². The van der Waals surface area contributed by atoms with Gasteiger partial charge in [-0.2, -0.15) is 4.98 Å². The third kappa shape index (κ3) is 3.77. The maximum absolute atomic E-state index is 13.2. The molecule has 0 bridgehead atoms. The topological polar surface area (TPSA) is 107 Å². The number of allylic oxidation sites excluding steroid dienone is 1. The fourth-order valence-corrected chi connectivity index (χ4v) is 4.37. The molecule has 0 spiro atoms. The second-order valence-corrected chi connectivity index (χ2v) is 10.5. The molecule has 0 atom stereocenters. The molecule has 0 aliphatic carbocycles. The van der Waals surface area contributed by atoms with Gasteiger partial charge in [0, 0.05) is 28.7 Å². The summed E-state index contributed by atoms with van der Waals surface area (Å²) < 4.78 is 3.27. The summed E-state index contributed by atoms with van der Waals surface area (Å²) in [4.78, 5) is 39.4. The van der Waals surface area contributed by atoms with Crippen LogP contribution in [0.25, 0.3) is 16.9 Å². The van der Waals surface area contributed by atoms with Crippen molar-refractivity contribution in [3.63, 3.8) is 0 Å². The molecule has 0 fully saturated rings. The Bertz CT molecular complexity index is 1590. The quantitative estimate of drug-likeness (QED) is 0.407. The summed E-state index contributed by atoms with van der Waals surface area (Å²) in [6, 6.07) is 11.4. The second-order valence-electron chi connectivity index (χ2n) is 10.5. The summed E-state index contributed by atoms with van der Waals surface area (Å²) in [5, 5.41) is 6.52. The predicted octanol–water partition coefficient (Wildman–Crippen LogP) is 4.43. The van der Waals surface area contributed by atoms with Crippen LogP contribution in [0.3, 0.4) is 0 Å². The first-order valence-corrected chi connectivity index (χ1v) is 11.8. The second kappa shape index (κ2) is 8.15. The van der Waals surface area contributed by atoms with Crippen molar-refractivity contribution in [2.24, 2.45) is 0 Å². The van der Waals surface area contributed by atoms with E-state index in [1.807, 2.05) is 50.2 Å². The van der Waals surface area contributed by atoms with Crippen LogP contribution < -0.4 is 16.2 Å². The van der Waals surface area contributed by atoms with Gasteiger partial charge in [-0.15, -0.1) is 6.58 Å². The number of carbonyl (C=O) groups is 1. The minimum atomic E-state index is -0.581. The number of hydrogen-bond donors (Lipinski definition) is 2. The molecule has 2 N–H and O–H groups in total. The van der Waals surface area contributed by atoms with Crippen LogP contribution in [0.5, 0.6) is 0 Å². The predicted molar refractivity (Wildman–Crippen MR) is 141 cm³/mol. The molecular formula is C27H29N7O2. The Kier molecular flexibility index (Phi) is 5.31. The summed E-state index contributed by atoms with van der Waals surface area (Å²) in [6.45, 7) is 14.2. The summed E-state index contributed by atoms with van der Waals surface area (Å²) in [5.74, 6) is 0.871. The highest BCUT2D eigenvalue weighted by Crippen LogP contribution is 2.39. The number of nitrogens with zero attached hydrogens (tertiary/aromatic N) is 5. The molecule has 9 nitrogen and oxygen atoms in total. The summed E-state index contributed by atoms with van der Waals surface area (Å²) in [6.07, 6.45) is 3.19. The van der Waals surface area contributed by atoms with E-state index in [4.69, 9.17) is 9.97 Å². The highest BCUT2D eigenvalue weighted by molar-refractivity contribution is 6.06. The first-order chi connectivity index (χ1) is 17.0. The number of carbonyl (C=O) groups excluding carboxylic acids is 1. The molecule has 0 radical (unpaired) electrons. The van der Waals surface area contributed by atoms with Crippen molar-refractivity contribution in [3.8, 4) is 5.82 Å².